The average molecular weight is 1630 g/mol. The van der Waals surface area contributed by atoms with Crippen molar-refractivity contribution in [2.75, 3.05) is 83.3 Å². The Morgan fingerprint density at radius 1 is 0.368 bits per heavy atom. The number of hydrogen-bond acceptors (Lipinski definition) is 23. The molecule has 12 rings (SSSR count). The number of aromatic nitrogens is 20. The normalized spacial score (nSPS) is 12.0. The molecule has 10 aromatic heterocycles. The third kappa shape index (κ3) is 21.3. The van der Waals surface area contributed by atoms with E-state index in [9.17, 15) is 71.9 Å². The van der Waals surface area contributed by atoms with Crippen molar-refractivity contribution in [2.45, 2.75) is 111 Å². The maximum Gasteiger partial charge on any atom is 0.332 e. The molecular formula is C74H105N27O16. The minimum Gasteiger partial charge on any atom is -0.379 e. The molecule has 43 nitrogen and oxygen atoms in total. The molecule has 117 heavy (non-hydrogen) atoms. The van der Waals surface area contributed by atoms with E-state index in [4.69, 9.17) is 4.74 Å². The number of carbonyl (C=O) groups excluding carboxylic acids is 5. The molecule has 0 bridgehead atoms. The van der Waals surface area contributed by atoms with Gasteiger partial charge >= 0.3 is 28.4 Å². The molecule has 5 N–H and O–H groups in total. The van der Waals surface area contributed by atoms with Crippen LogP contribution in [0.25, 0.3) is 55.8 Å². The molecule has 43 heteroatoms. The second-order valence-corrected chi connectivity index (χ2v) is 28.2. The first-order valence-electron chi connectivity index (χ1n) is 38.2. The zero-order valence-electron chi connectivity index (χ0n) is 68.8. The minimum absolute atomic E-state index is 0.00760. The number of aryl methyl sites for hydroxylation is 5. The highest BCUT2D eigenvalue weighted by atomic mass is 16.5. The second kappa shape index (κ2) is 40.9. The monoisotopic (exact) mass is 1630 g/mol. The molecule has 1 saturated heterocycles. The summed E-state index contributed by atoms with van der Waals surface area (Å²) in [5.74, 6) is -1.02. The van der Waals surface area contributed by atoms with Gasteiger partial charge in [0.15, 0.2) is 55.8 Å². The second-order valence-electron chi connectivity index (χ2n) is 28.2. The standard InChI is InChI=1S/C17H20N6O3.C16H24N6O4.2C14H21N5O3.C13H19N5O3/c1-20(2)12-7-5-6-11(8-12)19-13(24)9-23-10-18-15-14(23)16(25)22(4)17(26)21(15)3;1-19-14-13(15(24)20(2)16(19)25)22(11-18-14)10-12(23)17-4-3-5-21-6-8-26-9-7-21;2*1-4-5-6-7-15-10(20)8-19-9-16-12-11(19)13(21)18(3)14(22)17(12)2;1-4-5-6-14-9(19)7-18-8-15-11-10(18)12(20)17(3)13(21)16(11)2/h5-8,10H,9H2,1-4H3,(H,19,24);11H,3-10H2,1-2H3,(H,17,23);2*9H,4-8H2,1-3H3,(H,15,20);8H,4-7H2,1-3H3,(H,14,19). The lowest BCUT2D eigenvalue weighted by molar-refractivity contribution is -0.122. The van der Waals surface area contributed by atoms with E-state index in [-0.39, 0.29) is 118 Å². The van der Waals surface area contributed by atoms with Gasteiger partial charge in [-0.25, -0.2) is 48.9 Å². The molecule has 1 aromatic carbocycles. The number of anilines is 2. The highest BCUT2D eigenvalue weighted by molar-refractivity contribution is 5.92. The van der Waals surface area contributed by atoms with Gasteiger partial charge in [0.2, 0.25) is 29.5 Å². The fourth-order valence-corrected chi connectivity index (χ4v) is 12.6. The lowest BCUT2D eigenvalue weighted by atomic mass is 10.2. The Balaban J connectivity index is 0.000000183. The molecule has 1 fully saturated rings. The van der Waals surface area contributed by atoms with Crippen LogP contribution in [0.5, 0.6) is 0 Å². The van der Waals surface area contributed by atoms with Crippen LogP contribution in [-0.2, 0) is 132 Å². The fourth-order valence-electron chi connectivity index (χ4n) is 12.6. The van der Waals surface area contributed by atoms with Crippen molar-refractivity contribution in [3.63, 3.8) is 0 Å². The molecular weight excluding hydrogens is 1520 g/mol. The van der Waals surface area contributed by atoms with Gasteiger partial charge < -0.3 is 59.1 Å². The Kier molecular flexibility index (Phi) is 31.3. The summed E-state index contributed by atoms with van der Waals surface area (Å²) < 4.78 is 24.2. The van der Waals surface area contributed by atoms with Gasteiger partial charge in [-0.2, -0.15) is 0 Å². The largest absolute Gasteiger partial charge is 0.379 e. The number of benzene rings is 1. The molecule has 11 aromatic rings. The molecule has 1 aliphatic rings. The summed E-state index contributed by atoms with van der Waals surface area (Å²) in [5, 5.41) is 14.1. The van der Waals surface area contributed by atoms with Gasteiger partial charge in [-0.3, -0.25) is 98.5 Å². The first-order valence-corrected chi connectivity index (χ1v) is 38.2. The van der Waals surface area contributed by atoms with Gasteiger partial charge in [0.25, 0.3) is 27.8 Å². The summed E-state index contributed by atoms with van der Waals surface area (Å²) >= 11 is 0. The van der Waals surface area contributed by atoms with Gasteiger partial charge in [0.1, 0.15) is 32.7 Å². The number of nitrogens with one attached hydrogen (secondary N) is 5. The molecule has 0 unspecified atom stereocenters. The van der Waals surface area contributed by atoms with Crippen LogP contribution in [0, 0.1) is 0 Å². The Labute approximate surface area is 667 Å². The van der Waals surface area contributed by atoms with Crippen molar-refractivity contribution >= 4 is 96.7 Å². The smallest absolute Gasteiger partial charge is 0.332 e. The van der Waals surface area contributed by atoms with E-state index in [0.717, 1.165) is 119 Å². The number of nitrogens with zero attached hydrogens (tertiary/aromatic N) is 22. The molecule has 0 spiro atoms. The maximum absolute atomic E-state index is 12.4. The van der Waals surface area contributed by atoms with Crippen LogP contribution < -0.4 is 87.7 Å². The average Bonchev–Trinajstić information content (AvgIpc) is 1.68. The number of morpholine rings is 1. The summed E-state index contributed by atoms with van der Waals surface area (Å²) in [7, 11) is 18.6. The number of hydrogen-bond donors (Lipinski definition) is 5. The van der Waals surface area contributed by atoms with Crippen molar-refractivity contribution < 1.29 is 28.7 Å². The van der Waals surface area contributed by atoms with Crippen LogP contribution in [0.4, 0.5) is 11.4 Å². The van der Waals surface area contributed by atoms with E-state index in [1.807, 2.05) is 44.1 Å². The number of fused-ring (bicyclic) bond motifs is 5. The van der Waals surface area contributed by atoms with Crippen molar-refractivity contribution in [1.29, 1.82) is 0 Å². The number of ether oxygens (including phenoxy) is 1. The van der Waals surface area contributed by atoms with Crippen molar-refractivity contribution in [3.8, 4) is 0 Å². The van der Waals surface area contributed by atoms with Crippen LogP contribution in [0.2, 0.25) is 0 Å². The number of imidazole rings is 5. The summed E-state index contributed by atoms with van der Waals surface area (Å²) in [5.41, 5.74) is -0.287. The van der Waals surface area contributed by atoms with Crippen LogP contribution in [0.1, 0.15) is 78.6 Å². The zero-order chi connectivity index (χ0) is 85.8. The molecule has 632 valence electrons. The topological polar surface area (TPSA) is 470 Å². The SMILES string of the molecule is CCCCCNC(=O)Cn1cnc2c1c(=O)n(C)c(=O)n2C.CCCCCNC(=O)Cn1cnc2c1c(=O)n(C)c(=O)n2C.CCCCNC(=O)Cn1cnc2c1c(=O)n(C)c(=O)n2C.CN(C)c1cccc(NC(=O)Cn2cnc3c2c(=O)n(C)c(=O)n3C)c1.Cn1c(=O)c2c(ncn2CC(=O)NCCCN2CCOCC2)n(C)c1=O. The van der Waals surface area contributed by atoms with Gasteiger partial charge in [-0.1, -0.05) is 58.9 Å². The van der Waals surface area contributed by atoms with Crippen LogP contribution >= 0.6 is 0 Å². The highest BCUT2D eigenvalue weighted by Gasteiger charge is 2.23. The number of carbonyl (C=O) groups is 5. The summed E-state index contributed by atoms with van der Waals surface area (Å²) in [6.45, 7) is 12.9. The third-order valence-corrected chi connectivity index (χ3v) is 19.4. The van der Waals surface area contributed by atoms with E-state index in [0.29, 0.717) is 31.9 Å². The molecule has 0 saturated carbocycles. The Morgan fingerprint density at radius 3 is 0.923 bits per heavy atom. The van der Waals surface area contributed by atoms with E-state index in [2.05, 4.69) is 70.3 Å². The first kappa shape index (κ1) is 89.6. The molecule has 0 atom stereocenters. The lowest BCUT2D eigenvalue weighted by Crippen LogP contribution is -2.39. The van der Waals surface area contributed by atoms with Crippen molar-refractivity contribution in [2.24, 2.45) is 70.5 Å². The van der Waals surface area contributed by atoms with Crippen LogP contribution in [0.15, 0.2) is 104 Å². The van der Waals surface area contributed by atoms with Gasteiger partial charge in [0, 0.05) is 135 Å². The third-order valence-electron chi connectivity index (χ3n) is 19.4. The van der Waals surface area contributed by atoms with Gasteiger partial charge in [-0.15, -0.1) is 0 Å². The van der Waals surface area contributed by atoms with E-state index >= 15 is 0 Å². The molecule has 11 heterocycles. The summed E-state index contributed by atoms with van der Waals surface area (Å²) in [6.07, 6.45) is 16.0. The molecule has 1 aliphatic heterocycles. The van der Waals surface area contributed by atoms with Crippen molar-refractivity contribution in [3.05, 3.63) is 160 Å². The summed E-state index contributed by atoms with van der Waals surface area (Å²) in [6, 6.07) is 7.43. The number of unbranched alkanes of at least 4 members (excludes halogenated alkanes) is 5. The van der Waals surface area contributed by atoms with Gasteiger partial charge in [-0.05, 0) is 50.4 Å². The molecule has 0 radical (unpaired) electrons. The summed E-state index contributed by atoms with van der Waals surface area (Å²) in [4.78, 5) is 206. The first-order chi connectivity index (χ1) is 55.7. The highest BCUT2D eigenvalue weighted by Crippen LogP contribution is 2.18. The maximum atomic E-state index is 12.4. The minimum atomic E-state index is -0.483. The predicted octanol–water partition coefficient (Wildman–Crippen LogP) is -2.76. The van der Waals surface area contributed by atoms with Gasteiger partial charge in [0.05, 0.1) is 44.9 Å². The Morgan fingerprint density at radius 2 is 0.641 bits per heavy atom. The number of amides is 5. The predicted molar refractivity (Wildman–Crippen MR) is 438 cm³/mol. The number of rotatable bonds is 27. The van der Waals surface area contributed by atoms with Crippen LogP contribution in [0.3, 0.4) is 0 Å². The Bertz CT molecular complexity index is 5950. The quantitative estimate of drug-likeness (QED) is 0.0326. The van der Waals surface area contributed by atoms with E-state index < -0.39 is 56.2 Å². The lowest BCUT2D eigenvalue weighted by Gasteiger charge is -2.26. The fraction of sp³-hybridized carbons (Fsp3) is 0.514. The van der Waals surface area contributed by atoms with E-state index in [1.54, 1.807) is 34.3 Å². The van der Waals surface area contributed by atoms with E-state index in [1.165, 1.54) is 120 Å². The van der Waals surface area contributed by atoms with Crippen LogP contribution in [-0.4, -0.2) is 201 Å². The molecule has 0 aliphatic carbocycles. The zero-order valence-corrected chi connectivity index (χ0v) is 68.8. The molecule has 5 amide bonds. The Hall–Kier alpha value is -13.0. The van der Waals surface area contributed by atoms with Crippen molar-refractivity contribution in [1.82, 2.24) is 120 Å².